The molecule has 2 unspecified atom stereocenters. The van der Waals surface area contributed by atoms with Crippen LogP contribution in [0.1, 0.15) is 26.7 Å². The molecule has 0 rings (SSSR count). The number of primary amides is 1. The zero-order valence-electron chi connectivity index (χ0n) is 10.9. The van der Waals surface area contributed by atoms with Crippen LogP contribution in [0.25, 0.3) is 0 Å². The van der Waals surface area contributed by atoms with Crippen molar-refractivity contribution in [1.29, 1.82) is 0 Å². The number of rotatable bonds is 8. The van der Waals surface area contributed by atoms with E-state index in [9.17, 15) is 9.59 Å². The van der Waals surface area contributed by atoms with Gasteiger partial charge in [0, 0.05) is 19.1 Å². The van der Waals surface area contributed by atoms with Crippen molar-refractivity contribution in [2.45, 2.75) is 38.8 Å². The topological polar surface area (TPSA) is 101 Å². The zero-order chi connectivity index (χ0) is 13.4. The van der Waals surface area contributed by atoms with Crippen molar-refractivity contribution in [2.24, 2.45) is 11.5 Å². The van der Waals surface area contributed by atoms with E-state index in [2.05, 4.69) is 24.1 Å². The summed E-state index contributed by atoms with van der Waals surface area (Å²) in [6.45, 7) is 5.51. The summed E-state index contributed by atoms with van der Waals surface area (Å²) in [5.74, 6) is -0.897. The second kappa shape index (κ2) is 8.03. The molecule has 6 heteroatoms. The number of hydrogen-bond donors (Lipinski definition) is 3. The van der Waals surface area contributed by atoms with E-state index in [0.29, 0.717) is 12.6 Å². The van der Waals surface area contributed by atoms with E-state index >= 15 is 0 Å². The van der Waals surface area contributed by atoms with Gasteiger partial charge in [0.05, 0.1) is 12.5 Å². The van der Waals surface area contributed by atoms with Gasteiger partial charge >= 0.3 is 0 Å². The Kier molecular flexibility index (Phi) is 7.49. The van der Waals surface area contributed by atoms with Crippen molar-refractivity contribution >= 4 is 11.8 Å². The van der Waals surface area contributed by atoms with E-state index in [-0.39, 0.29) is 12.3 Å². The van der Waals surface area contributed by atoms with Crippen molar-refractivity contribution in [1.82, 2.24) is 10.2 Å². The summed E-state index contributed by atoms with van der Waals surface area (Å²) in [7, 11) is 2.00. The van der Waals surface area contributed by atoms with Crippen molar-refractivity contribution in [2.75, 3.05) is 20.1 Å². The number of carbonyl (C=O) groups is 2. The highest BCUT2D eigenvalue weighted by atomic mass is 16.2. The van der Waals surface area contributed by atoms with Crippen molar-refractivity contribution in [3.05, 3.63) is 0 Å². The summed E-state index contributed by atoms with van der Waals surface area (Å²) in [6, 6.07) is -0.368. The van der Waals surface area contributed by atoms with Gasteiger partial charge in [-0.15, -0.1) is 0 Å². The Balaban J connectivity index is 3.81. The maximum Gasteiger partial charge on any atom is 0.237 e. The molecule has 0 aromatic rings. The molecule has 0 saturated heterocycles. The first kappa shape index (κ1) is 15.9. The van der Waals surface area contributed by atoms with Gasteiger partial charge in [-0.2, -0.15) is 0 Å². The first-order valence-electron chi connectivity index (χ1n) is 5.90. The summed E-state index contributed by atoms with van der Waals surface area (Å²) in [5.41, 5.74) is 10.5. The van der Waals surface area contributed by atoms with Gasteiger partial charge in [0.25, 0.3) is 0 Å². The number of nitrogens with two attached hydrogens (primary N) is 2. The van der Waals surface area contributed by atoms with E-state index in [1.54, 1.807) is 0 Å². The Morgan fingerprint density at radius 2 is 2.00 bits per heavy atom. The number of carbonyl (C=O) groups excluding carboxylic acids is 2. The number of nitrogens with zero attached hydrogens (tertiary/aromatic N) is 1. The van der Waals surface area contributed by atoms with Gasteiger partial charge in [-0.25, -0.2) is 0 Å². The minimum Gasteiger partial charge on any atom is -0.370 e. The molecule has 0 aliphatic carbocycles. The maximum absolute atomic E-state index is 11.4. The molecule has 0 aromatic carbocycles. The molecule has 17 heavy (non-hydrogen) atoms. The molecule has 6 nitrogen and oxygen atoms in total. The van der Waals surface area contributed by atoms with Gasteiger partial charge in [-0.05, 0) is 20.4 Å². The summed E-state index contributed by atoms with van der Waals surface area (Å²) >= 11 is 0. The summed E-state index contributed by atoms with van der Waals surface area (Å²) in [6.07, 6.45) is 0.943. The van der Waals surface area contributed by atoms with E-state index < -0.39 is 11.9 Å². The van der Waals surface area contributed by atoms with Crippen LogP contribution in [-0.2, 0) is 9.59 Å². The Morgan fingerprint density at radius 3 is 2.47 bits per heavy atom. The van der Waals surface area contributed by atoms with Crippen LogP contribution in [0.3, 0.4) is 0 Å². The first-order chi connectivity index (χ1) is 7.88. The monoisotopic (exact) mass is 244 g/mol. The molecule has 0 aromatic heterocycles. The molecule has 0 radical (unpaired) electrons. The average Bonchev–Trinajstić information content (AvgIpc) is 2.26. The summed E-state index contributed by atoms with van der Waals surface area (Å²) in [4.78, 5) is 24.2. The minimum atomic E-state index is -0.846. The highest BCUT2D eigenvalue weighted by Gasteiger charge is 2.15. The number of nitrogens with one attached hydrogen (secondary N) is 1. The molecule has 0 saturated carbocycles. The molecule has 2 atom stereocenters. The normalized spacial score (nSPS) is 14.4. The molecule has 0 spiro atoms. The molecule has 0 bridgehead atoms. The maximum atomic E-state index is 11.4. The number of amides is 2. The lowest BCUT2D eigenvalue weighted by molar-refractivity contribution is -0.126. The second-order valence-electron chi connectivity index (χ2n) is 4.31. The zero-order valence-corrected chi connectivity index (χ0v) is 10.9. The second-order valence-corrected chi connectivity index (χ2v) is 4.31. The highest BCUT2D eigenvalue weighted by molar-refractivity contribution is 5.87. The molecule has 5 N–H and O–H groups in total. The SMILES string of the molecule is CCC(C)N(C)CCNC(=O)C(N)CC(N)=O. The van der Waals surface area contributed by atoms with Gasteiger partial charge < -0.3 is 21.7 Å². The van der Waals surface area contributed by atoms with Gasteiger partial charge in [0.15, 0.2) is 0 Å². The molecular weight excluding hydrogens is 220 g/mol. The third-order valence-corrected chi connectivity index (χ3v) is 2.86. The third-order valence-electron chi connectivity index (χ3n) is 2.86. The van der Waals surface area contributed by atoms with Crippen LogP contribution < -0.4 is 16.8 Å². The molecule has 2 amide bonds. The lowest BCUT2D eigenvalue weighted by atomic mass is 10.2. The van der Waals surface area contributed by atoms with Crippen LogP contribution in [0.15, 0.2) is 0 Å². The van der Waals surface area contributed by atoms with Gasteiger partial charge in [-0.1, -0.05) is 6.92 Å². The molecule has 100 valence electrons. The smallest absolute Gasteiger partial charge is 0.237 e. The van der Waals surface area contributed by atoms with Crippen LogP contribution in [0, 0.1) is 0 Å². The fraction of sp³-hybridized carbons (Fsp3) is 0.818. The van der Waals surface area contributed by atoms with E-state index in [4.69, 9.17) is 11.5 Å². The Bertz CT molecular complexity index is 258. The summed E-state index contributed by atoms with van der Waals surface area (Å²) < 4.78 is 0. The lowest BCUT2D eigenvalue weighted by Crippen LogP contribution is -2.45. The predicted molar refractivity (Wildman–Crippen MR) is 67.2 cm³/mol. The van der Waals surface area contributed by atoms with Gasteiger partial charge in [0.2, 0.25) is 11.8 Å². The van der Waals surface area contributed by atoms with Crippen LogP contribution in [-0.4, -0.2) is 48.9 Å². The third kappa shape index (κ3) is 6.91. The largest absolute Gasteiger partial charge is 0.370 e. The van der Waals surface area contributed by atoms with Crippen molar-refractivity contribution in [3.8, 4) is 0 Å². The van der Waals surface area contributed by atoms with Gasteiger partial charge in [-0.3, -0.25) is 9.59 Å². The van der Waals surface area contributed by atoms with E-state index in [0.717, 1.165) is 13.0 Å². The Labute approximate surface area is 103 Å². The fourth-order valence-electron chi connectivity index (χ4n) is 1.33. The van der Waals surface area contributed by atoms with Crippen molar-refractivity contribution < 1.29 is 9.59 Å². The standard InChI is InChI=1S/C11H24N4O2/c1-4-8(2)15(3)6-5-14-11(17)9(12)7-10(13)16/h8-9H,4-7,12H2,1-3H3,(H2,13,16)(H,14,17). The fourth-order valence-corrected chi connectivity index (χ4v) is 1.33. The lowest BCUT2D eigenvalue weighted by Gasteiger charge is -2.23. The van der Waals surface area contributed by atoms with Crippen LogP contribution in [0.2, 0.25) is 0 Å². The molecule has 0 aliphatic rings. The molecule has 0 fully saturated rings. The van der Waals surface area contributed by atoms with Crippen molar-refractivity contribution in [3.63, 3.8) is 0 Å². The average molecular weight is 244 g/mol. The highest BCUT2D eigenvalue weighted by Crippen LogP contribution is 1.98. The Morgan fingerprint density at radius 1 is 1.41 bits per heavy atom. The first-order valence-corrected chi connectivity index (χ1v) is 5.90. The minimum absolute atomic E-state index is 0.118. The van der Waals surface area contributed by atoms with E-state index in [1.807, 2.05) is 7.05 Å². The van der Waals surface area contributed by atoms with Crippen LogP contribution in [0.4, 0.5) is 0 Å². The van der Waals surface area contributed by atoms with Crippen LogP contribution in [0.5, 0.6) is 0 Å². The summed E-state index contributed by atoms with van der Waals surface area (Å²) in [5, 5.41) is 2.68. The molecule has 0 aliphatic heterocycles. The predicted octanol–water partition coefficient (Wildman–Crippen LogP) is -0.964. The Hall–Kier alpha value is -1.14. The molecule has 0 heterocycles. The quantitative estimate of drug-likeness (QED) is 0.511. The number of likely N-dealkylation sites (N-methyl/N-ethyl adjacent to an activating group) is 1. The number of hydrogen-bond acceptors (Lipinski definition) is 4. The van der Waals surface area contributed by atoms with Crippen LogP contribution >= 0.6 is 0 Å². The van der Waals surface area contributed by atoms with E-state index in [1.165, 1.54) is 0 Å². The molecular formula is C11H24N4O2. The van der Waals surface area contributed by atoms with Gasteiger partial charge in [0.1, 0.15) is 0 Å².